The molecule has 0 aliphatic carbocycles. The lowest BCUT2D eigenvalue weighted by Crippen LogP contribution is -3.13. The van der Waals surface area contributed by atoms with Gasteiger partial charge in [0.05, 0.1) is 19.6 Å². The number of hydrogen-bond donors (Lipinski definition) is 1. The van der Waals surface area contributed by atoms with E-state index in [2.05, 4.69) is 72.5 Å². The highest BCUT2D eigenvalue weighted by Gasteiger charge is 2.31. The molecule has 2 aliphatic heterocycles. The molecule has 0 unspecified atom stereocenters. The quantitative estimate of drug-likeness (QED) is 0.873. The summed E-state index contributed by atoms with van der Waals surface area (Å²) < 4.78 is 0. The van der Waals surface area contributed by atoms with E-state index in [0.29, 0.717) is 5.91 Å². The van der Waals surface area contributed by atoms with Gasteiger partial charge in [-0.15, -0.1) is 0 Å². The van der Waals surface area contributed by atoms with Crippen LogP contribution in [0.5, 0.6) is 0 Å². The van der Waals surface area contributed by atoms with E-state index in [1.807, 2.05) is 0 Å². The predicted molar refractivity (Wildman–Crippen MR) is 114 cm³/mol. The Bertz CT molecular complexity index is 835. The molecule has 0 saturated carbocycles. The molecule has 2 aromatic rings. The number of rotatable bonds is 4. The van der Waals surface area contributed by atoms with Crippen molar-refractivity contribution in [3.8, 4) is 0 Å². The van der Waals surface area contributed by atoms with Gasteiger partial charge < -0.3 is 9.80 Å². The second-order valence-corrected chi connectivity index (χ2v) is 8.38. The van der Waals surface area contributed by atoms with Gasteiger partial charge in [0.25, 0.3) is 0 Å². The Hall–Kier alpha value is -2.39. The van der Waals surface area contributed by atoms with Crippen LogP contribution in [0, 0.1) is 5.92 Å². The molecule has 0 bridgehead atoms. The number of carbonyl (C=O) groups excluding carboxylic acids is 1. The first kappa shape index (κ1) is 18.9. The molecule has 146 valence electrons. The van der Waals surface area contributed by atoms with Crippen LogP contribution in [0.3, 0.4) is 0 Å². The molecule has 0 atom stereocenters. The molecule has 2 aliphatic rings. The summed E-state index contributed by atoms with van der Waals surface area (Å²) in [6.45, 7) is 7.17. The standard InChI is InChI=1S/C25H30N2O/c1-20(17-21-7-3-2-4-8-21)18-26-14-11-23(12-15-26)25(28)27-16-13-22-9-5-6-10-24(22)19-27/h2-10,17,23H,11-16,18-19H2,1H3/p+1/b20-17+. The van der Waals surface area contributed by atoms with Crippen LogP contribution in [-0.4, -0.2) is 37.0 Å². The number of quaternary nitrogens is 1. The Labute approximate surface area is 168 Å². The minimum absolute atomic E-state index is 0.215. The number of hydrogen-bond acceptors (Lipinski definition) is 1. The summed E-state index contributed by atoms with van der Waals surface area (Å²) in [5.74, 6) is 0.595. The Morgan fingerprint density at radius 2 is 1.71 bits per heavy atom. The number of fused-ring (bicyclic) bond motifs is 1. The average molecular weight is 376 g/mol. The molecule has 0 spiro atoms. The summed E-state index contributed by atoms with van der Waals surface area (Å²) in [4.78, 5) is 16.7. The van der Waals surface area contributed by atoms with Crippen LogP contribution in [-0.2, 0) is 17.8 Å². The zero-order chi connectivity index (χ0) is 19.3. The van der Waals surface area contributed by atoms with Crippen molar-refractivity contribution in [3.63, 3.8) is 0 Å². The molecule has 0 radical (unpaired) electrons. The van der Waals surface area contributed by atoms with Gasteiger partial charge in [-0.05, 0) is 35.6 Å². The summed E-state index contributed by atoms with van der Waals surface area (Å²) >= 11 is 0. The van der Waals surface area contributed by atoms with Crippen molar-refractivity contribution in [2.75, 3.05) is 26.2 Å². The van der Waals surface area contributed by atoms with Gasteiger partial charge in [-0.3, -0.25) is 4.79 Å². The Morgan fingerprint density at radius 1 is 1.04 bits per heavy atom. The average Bonchev–Trinajstić information content (AvgIpc) is 2.74. The summed E-state index contributed by atoms with van der Waals surface area (Å²) in [6.07, 6.45) is 5.32. The van der Waals surface area contributed by atoms with E-state index in [9.17, 15) is 4.79 Å². The summed E-state index contributed by atoms with van der Waals surface area (Å²) in [6, 6.07) is 19.1. The second kappa shape index (κ2) is 8.74. The van der Waals surface area contributed by atoms with E-state index < -0.39 is 0 Å². The van der Waals surface area contributed by atoms with Crippen molar-refractivity contribution in [1.29, 1.82) is 0 Å². The van der Waals surface area contributed by atoms with Crippen LogP contribution < -0.4 is 4.90 Å². The molecule has 1 amide bonds. The summed E-state index contributed by atoms with van der Waals surface area (Å²) in [7, 11) is 0. The molecule has 2 heterocycles. The van der Waals surface area contributed by atoms with E-state index in [-0.39, 0.29) is 5.92 Å². The highest BCUT2D eigenvalue weighted by Crippen LogP contribution is 2.22. The fourth-order valence-electron chi connectivity index (χ4n) is 4.67. The van der Waals surface area contributed by atoms with Crippen molar-refractivity contribution in [1.82, 2.24) is 4.90 Å². The van der Waals surface area contributed by atoms with E-state index in [0.717, 1.165) is 52.0 Å². The van der Waals surface area contributed by atoms with E-state index >= 15 is 0 Å². The van der Waals surface area contributed by atoms with Gasteiger partial charge >= 0.3 is 0 Å². The third-order valence-electron chi connectivity index (χ3n) is 6.23. The first-order valence-corrected chi connectivity index (χ1v) is 10.6. The zero-order valence-electron chi connectivity index (χ0n) is 16.9. The van der Waals surface area contributed by atoms with Crippen molar-refractivity contribution < 1.29 is 9.69 Å². The lowest BCUT2D eigenvalue weighted by atomic mass is 9.93. The van der Waals surface area contributed by atoms with E-state index in [4.69, 9.17) is 0 Å². The summed E-state index contributed by atoms with van der Waals surface area (Å²) in [5, 5.41) is 0. The monoisotopic (exact) mass is 375 g/mol. The number of nitrogens with one attached hydrogen (secondary N) is 1. The summed E-state index contributed by atoms with van der Waals surface area (Å²) in [5.41, 5.74) is 5.42. The minimum Gasteiger partial charge on any atom is -0.338 e. The molecular formula is C25H31N2O+. The number of piperidine rings is 1. The maximum absolute atomic E-state index is 13.0. The van der Waals surface area contributed by atoms with Crippen LogP contribution in [0.15, 0.2) is 60.2 Å². The van der Waals surface area contributed by atoms with Crippen molar-refractivity contribution >= 4 is 12.0 Å². The first-order valence-electron chi connectivity index (χ1n) is 10.6. The first-order chi connectivity index (χ1) is 13.7. The third kappa shape index (κ3) is 4.53. The van der Waals surface area contributed by atoms with Crippen LogP contribution in [0.2, 0.25) is 0 Å². The SMILES string of the molecule is C/C(=C\c1ccccc1)C[NH+]1CCC(C(=O)N2CCc3ccccc3C2)CC1. The molecule has 28 heavy (non-hydrogen) atoms. The second-order valence-electron chi connectivity index (χ2n) is 8.38. The molecular weight excluding hydrogens is 344 g/mol. The van der Waals surface area contributed by atoms with Gasteiger partial charge in [0.2, 0.25) is 5.91 Å². The van der Waals surface area contributed by atoms with Gasteiger partial charge in [-0.2, -0.15) is 0 Å². The molecule has 1 fully saturated rings. The minimum atomic E-state index is 0.215. The van der Waals surface area contributed by atoms with E-state index in [1.165, 1.54) is 22.3 Å². The molecule has 3 heteroatoms. The topological polar surface area (TPSA) is 24.8 Å². The normalized spacial score (nSPS) is 22.6. The number of likely N-dealkylation sites (tertiary alicyclic amines) is 1. The molecule has 1 N–H and O–H groups in total. The highest BCUT2D eigenvalue weighted by atomic mass is 16.2. The molecule has 2 aromatic carbocycles. The van der Waals surface area contributed by atoms with Gasteiger partial charge in [-0.1, -0.05) is 60.7 Å². The maximum atomic E-state index is 13.0. The van der Waals surface area contributed by atoms with Gasteiger partial charge in [0.15, 0.2) is 0 Å². The maximum Gasteiger partial charge on any atom is 0.226 e. The van der Waals surface area contributed by atoms with Crippen molar-refractivity contribution in [2.24, 2.45) is 5.92 Å². The molecule has 0 aromatic heterocycles. The van der Waals surface area contributed by atoms with Gasteiger partial charge in [0.1, 0.15) is 0 Å². The molecule has 4 rings (SSSR count). The van der Waals surface area contributed by atoms with Gasteiger partial charge in [-0.25, -0.2) is 0 Å². The Morgan fingerprint density at radius 3 is 2.46 bits per heavy atom. The molecule has 3 nitrogen and oxygen atoms in total. The third-order valence-corrected chi connectivity index (χ3v) is 6.23. The lowest BCUT2D eigenvalue weighted by molar-refractivity contribution is -0.901. The fourth-order valence-corrected chi connectivity index (χ4v) is 4.67. The van der Waals surface area contributed by atoms with Crippen LogP contribution >= 0.6 is 0 Å². The Kier molecular flexibility index (Phi) is 5.92. The lowest BCUT2D eigenvalue weighted by Gasteiger charge is -2.35. The number of amides is 1. The Balaban J connectivity index is 1.28. The molecule has 1 saturated heterocycles. The van der Waals surface area contributed by atoms with Crippen LogP contribution in [0.1, 0.15) is 36.5 Å². The van der Waals surface area contributed by atoms with Crippen molar-refractivity contribution in [3.05, 3.63) is 76.9 Å². The number of nitrogens with zero attached hydrogens (tertiary/aromatic N) is 1. The fraction of sp³-hybridized carbons (Fsp3) is 0.400. The smallest absolute Gasteiger partial charge is 0.226 e. The van der Waals surface area contributed by atoms with Crippen LogP contribution in [0.25, 0.3) is 6.08 Å². The largest absolute Gasteiger partial charge is 0.338 e. The predicted octanol–water partition coefficient (Wildman–Crippen LogP) is 2.97. The zero-order valence-corrected chi connectivity index (χ0v) is 16.9. The van der Waals surface area contributed by atoms with Crippen LogP contribution in [0.4, 0.5) is 0 Å². The number of carbonyl (C=O) groups is 1. The van der Waals surface area contributed by atoms with Crippen molar-refractivity contribution in [2.45, 2.75) is 32.7 Å². The number of benzene rings is 2. The highest BCUT2D eigenvalue weighted by molar-refractivity contribution is 5.79. The van der Waals surface area contributed by atoms with E-state index in [1.54, 1.807) is 4.90 Å². The van der Waals surface area contributed by atoms with Gasteiger partial charge in [0, 0.05) is 31.8 Å².